The van der Waals surface area contributed by atoms with Crippen LogP contribution in [-0.4, -0.2) is 46.0 Å². The fourth-order valence-electron chi connectivity index (χ4n) is 12.6. The maximum Gasteiger partial charge on any atom is 0.163 e. The van der Waals surface area contributed by atoms with E-state index in [0.717, 1.165) is 133 Å². The molecule has 400 valence electrons. The van der Waals surface area contributed by atoms with Gasteiger partial charge < -0.3 is 5.73 Å². The summed E-state index contributed by atoms with van der Waals surface area (Å²) >= 11 is 0. The van der Waals surface area contributed by atoms with E-state index in [0.29, 0.717) is 6.54 Å². The minimum atomic E-state index is -0.776. The van der Waals surface area contributed by atoms with Crippen LogP contribution in [0.1, 0.15) is 95.4 Å². The number of aromatic nitrogens is 8. The van der Waals surface area contributed by atoms with Crippen LogP contribution in [0.5, 0.6) is 0 Å². The fourth-order valence-corrected chi connectivity index (χ4v) is 12.6. The molecule has 0 bridgehead atoms. The molecular formula is C72H62N10. The summed E-state index contributed by atoms with van der Waals surface area (Å²) in [6.45, 7) is 4.95. The molecule has 0 aliphatic heterocycles. The maximum absolute atomic E-state index is 9.85. The quantitative estimate of drug-likeness (QED) is 0.100. The normalized spacial score (nSPS) is 14.2. The average molecular weight is 1070 g/mol. The van der Waals surface area contributed by atoms with Gasteiger partial charge in [-0.15, -0.1) is 0 Å². The summed E-state index contributed by atoms with van der Waals surface area (Å²) in [6.07, 6.45) is 8.88. The zero-order valence-corrected chi connectivity index (χ0v) is 46.1. The molecule has 2 aliphatic carbocycles. The Morgan fingerprint density at radius 2 is 0.780 bits per heavy atom. The number of nitrogens with zero attached hydrogens (tertiary/aromatic N) is 9. The third-order valence-electron chi connectivity index (χ3n) is 17.2. The fraction of sp³-hybridized carbons (Fsp3) is 0.181. The lowest BCUT2D eigenvalue weighted by molar-refractivity contribution is 0.468. The van der Waals surface area contributed by atoms with Gasteiger partial charge in [0.2, 0.25) is 0 Å². The molecule has 0 spiro atoms. The Labute approximate surface area is 478 Å². The maximum atomic E-state index is 9.85. The van der Waals surface area contributed by atoms with Crippen molar-refractivity contribution in [2.45, 2.75) is 74.3 Å². The molecule has 10 heteroatoms. The van der Waals surface area contributed by atoms with Crippen molar-refractivity contribution in [1.82, 2.24) is 39.5 Å². The molecule has 0 unspecified atom stereocenters. The number of hydrogen-bond donors (Lipinski definition) is 1. The molecular weight excluding hydrogens is 1000 g/mol. The molecule has 82 heavy (non-hydrogen) atoms. The SMILES string of the molecule is CCc1nn(C(c2ccccc2)(c2ccccc2)c2ccccc2)c2ncnc(-c3cccc(C4(C#N)CC4)c3)c12.CCc1nn(C(c2ccccc2)(c2ccccc2)c2ccccc2)c2ncnc(-c3cccc(C4(CN)CC4)c3)c12. The molecule has 4 heterocycles. The second-order valence-electron chi connectivity index (χ2n) is 21.7. The summed E-state index contributed by atoms with van der Waals surface area (Å²) in [7, 11) is 0. The van der Waals surface area contributed by atoms with Crippen LogP contribution in [0.25, 0.3) is 44.6 Å². The second kappa shape index (κ2) is 21.4. The van der Waals surface area contributed by atoms with Crippen LogP contribution in [0.4, 0.5) is 0 Å². The van der Waals surface area contributed by atoms with Crippen molar-refractivity contribution in [1.29, 1.82) is 5.26 Å². The summed E-state index contributed by atoms with van der Waals surface area (Å²) in [5, 5.41) is 22.5. The van der Waals surface area contributed by atoms with Crippen LogP contribution in [0.2, 0.25) is 0 Å². The predicted octanol–water partition coefficient (Wildman–Crippen LogP) is 14.3. The first kappa shape index (κ1) is 51.7. The van der Waals surface area contributed by atoms with E-state index in [9.17, 15) is 5.26 Å². The summed E-state index contributed by atoms with van der Waals surface area (Å²) in [5.74, 6) is 0. The van der Waals surface area contributed by atoms with Crippen LogP contribution in [0.15, 0.2) is 243 Å². The lowest BCUT2D eigenvalue weighted by Crippen LogP contribution is -2.38. The van der Waals surface area contributed by atoms with Crippen molar-refractivity contribution in [3.05, 3.63) is 299 Å². The van der Waals surface area contributed by atoms with Crippen molar-refractivity contribution < 1.29 is 0 Å². The zero-order valence-electron chi connectivity index (χ0n) is 46.1. The molecule has 2 aliphatic rings. The molecule has 4 aromatic heterocycles. The highest BCUT2D eigenvalue weighted by atomic mass is 15.4. The van der Waals surface area contributed by atoms with Gasteiger partial charge in [-0.2, -0.15) is 15.5 Å². The smallest absolute Gasteiger partial charge is 0.163 e. The summed E-state index contributed by atoms with van der Waals surface area (Å²) in [4.78, 5) is 19.6. The number of fused-ring (bicyclic) bond motifs is 2. The van der Waals surface area contributed by atoms with E-state index >= 15 is 0 Å². The molecule has 2 saturated carbocycles. The first-order valence-corrected chi connectivity index (χ1v) is 28.5. The van der Waals surface area contributed by atoms with Crippen LogP contribution < -0.4 is 5.73 Å². The minimum Gasteiger partial charge on any atom is -0.330 e. The lowest BCUT2D eigenvalue weighted by atomic mass is 9.77. The van der Waals surface area contributed by atoms with Gasteiger partial charge in [0.25, 0.3) is 0 Å². The Kier molecular flexibility index (Phi) is 13.5. The van der Waals surface area contributed by atoms with Gasteiger partial charge >= 0.3 is 0 Å². The van der Waals surface area contributed by atoms with Gasteiger partial charge in [-0.25, -0.2) is 29.3 Å². The Morgan fingerprint density at radius 1 is 0.439 bits per heavy atom. The summed E-state index contributed by atoms with van der Waals surface area (Å²) in [5.41, 5.74) is 20.7. The van der Waals surface area contributed by atoms with Crippen molar-refractivity contribution in [2.75, 3.05) is 6.54 Å². The first-order chi connectivity index (χ1) is 40.4. The van der Waals surface area contributed by atoms with E-state index in [2.05, 4.69) is 236 Å². The third kappa shape index (κ3) is 8.59. The molecule has 2 fully saturated rings. The van der Waals surface area contributed by atoms with E-state index in [-0.39, 0.29) is 10.8 Å². The highest BCUT2D eigenvalue weighted by molar-refractivity contribution is 5.94. The van der Waals surface area contributed by atoms with E-state index in [1.807, 2.05) is 24.3 Å². The lowest BCUT2D eigenvalue weighted by Gasteiger charge is -2.36. The summed E-state index contributed by atoms with van der Waals surface area (Å²) in [6, 6.07) is 83.1. The summed E-state index contributed by atoms with van der Waals surface area (Å²) < 4.78 is 4.24. The first-order valence-electron chi connectivity index (χ1n) is 28.5. The van der Waals surface area contributed by atoms with Crippen LogP contribution in [0.3, 0.4) is 0 Å². The standard InChI is InChI=1S/C36H33N5.C36H29N5/c2*1-2-31-32-33(26-13-12-20-30(23-26)35(24-37)21-22-35)38-25-39-34(32)41(40-31)36(27-14-6-3-7-15-27,28-16-8-4-9-17-28)29-18-10-5-11-19-29/h3-20,23,25H,2,21-22,24,37H2,1H3;3-20,23,25H,2,21-22H2,1H3. The number of nitriles is 1. The van der Waals surface area contributed by atoms with Gasteiger partial charge in [0.1, 0.15) is 23.7 Å². The van der Waals surface area contributed by atoms with Gasteiger partial charge in [-0.1, -0.05) is 232 Å². The Bertz CT molecular complexity index is 4050. The van der Waals surface area contributed by atoms with Gasteiger partial charge in [0.15, 0.2) is 11.3 Å². The highest BCUT2D eigenvalue weighted by Gasteiger charge is 2.47. The molecule has 10 nitrogen and oxygen atoms in total. The Balaban J connectivity index is 0.000000154. The minimum absolute atomic E-state index is 0.100. The number of rotatable bonds is 15. The monoisotopic (exact) mass is 1070 g/mol. The molecule has 0 amide bonds. The Hall–Kier alpha value is -9.69. The molecule has 12 aromatic rings. The molecule has 14 rings (SSSR count). The number of aryl methyl sites for hydroxylation is 2. The largest absolute Gasteiger partial charge is 0.330 e. The number of benzene rings is 8. The van der Waals surface area contributed by atoms with E-state index < -0.39 is 11.1 Å². The average Bonchev–Trinajstić information content (AvgIpc) is 4.65. The van der Waals surface area contributed by atoms with Gasteiger partial charge in [-0.3, -0.25) is 0 Å². The molecule has 0 radical (unpaired) electrons. The second-order valence-corrected chi connectivity index (χ2v) is 21.7. The zero-order chi connectivity index (χ0) is 55.7. The Morgan fingerprint density at radius 3 is 1.09 bits per heavy atom. The van der Waals surface area contributed by atoms with E-state index in [1.165, 1.54) is 5.56 Å². The van der Waals surface area contributed by atoms with Gasteiger partial charge in [0, 0.05) is 23.1 Å². The third-order valence-corrected chi connectivity index (χ3v) is 17.2. The van der Waals surface area contributed by atoms with Crippen LogP contribution in [0, 0.1) is 11.3 Å². The van der Waals surface area contributed by atoms with E-state index in [4.69, 9.17) is 35.9 Å². The molecule has 2 N–H and O–H groups in total. The molecule has 0 atom stereocenters. The predicted molar refractivity (Wildman–Crippen MR) is 326 cm³/mol. The van der Waals surface area contributed by atoms with E-state index in [1.54, 1.807) is 12.7 Å². The highest BCUT2D eigenvalue weighted by Crippen LogP contribution is 2.51. The van der Waals surface area contributed by atoms with Crippen molar-refractivity contribution >= 4 is 22.1 Å². The van der Waals surface area contributed by atoms with Gasteiger partial charge in [0.05, 0.1) is 45.0 Å². The molecule has 8 aromatic carbocycles. The van der Waals surface area contributed by atoms with Crippen molar-refractivity contribution in [3.8, 4) is 28.6 Å². The number of hydrogen-bond acceptors (Lipinski definition) is 8. The van der Waals surface area contributed by atoms with Crippen LogP contribution >= 0.6 is 0 Å². The van der Waals surface area contributed by atoms with Gasteiger partial charge in [-0.05, 0) is 95.2 Å². The topological polar surface area (TPSA) is 137 Å². The van der Waals surface area contributed by atoms with Crippen LogP contribution in [-0.2, 0) is 34.7 Å². The number of nitrogens with two attached hydrogens (primary N) is 1. The molecule has 0 saturated heterocycles. The van der Waals surface area contributed by atoms with Crippen molar-refractivity contribution in [2.24, 2.45) is 5.73 Å². The van der Waals surface area contributed by atoms with Crippen molar-refractivity contribution in [3.63, 3.8) is 0 Å².